The van der Waals surface area contributed by atoms with Crippen LogP contribution < -0.4 is 10.0 Å². The number of rotatable bonds is 8. The Labute approximate surface area is 126 Å². The lowest BCUT2D eigenvalue weighted by atomic mass is 10.3. The highest BCUT2D eigenvalue weighted by atomic mass is 32.2. The summed E-state index contributed by atoms with van der Waals surface area (Å²) in [7, 11) is -3.74. The van der Waals surface area contributed by atoms with Gasteiger partial charge in [0.1, 0.15) is 0 Å². The second-order valence-corrected chi connectivity index (χ2v) is 8.62. The van der Waals surface area contributed by atoms with Gasteiger partial charge in [-0.3, -0.25) is 0 Å². The zero-order chi connectivity index (χ0) is 16.1. The molecule has 0 aliphatic heterocycles. The van der Waals surface area contributed by atoms with Crippen molar-refractivity contribution in [3.8, 4) is 0 Å². The molecule has 0 amide bonds. The topological polar surface area (TPSA) is 95.6 Å². The molecule has 0 radical (unpaired) electrons. The van der Waals surface area contributed by atoms with Crippen LogP contribution in [-0.2, 0) is 20.0 Å². The Bertz CT molecular complexity index is 652. The number of sulfonamides is 2. The molecule has 0 saturated heterocycles. The maximum atomic E-state index is 11.7. The Morgan fingerprint density at radius 1 is 1.05 bits per heavy atom. The van der Waals surface area contributed by atoms with E-state index in [9.17, 15) is 16.8 Å². The van der Waals surface area contributed by atoms with Crippen molar-refractivity contribution in [2.45, 2.75) is 11.8 Å². The minimum absolute atomic E-state index is 0.0303. The molecule has 0 saturated carbocycles. The van der Waals surface area contributed by atoms with Crippen LogP contribution >= 0.6 is 0 Å². The molecule has 9 heteroatoms. The molecule has 1 aromatic carbocycles. The molecule has 120 valence electrons. The summed E-state index contributed by atoms with van der Waals surface area (Å²) >= 11 is 0. The van der Waals surface area contributed by atoms with Crippen LogP contribution in [0.2, 0.25) is 0 Å². The predicted molar refractivity (Wildman–Crippen MR) is 83.3 cm³/mol. The van der Waals surface area contributed by atoms with Crippen molar-refractivity contribution in [1.29, 1.82) is 0 Å². The van der Waals surface area contributed by atoms with E-state index in [1.807, 2.05) is 0 Å². The standard InChI is InChI=1S/C12H21N3O4S2/c1-4-14-21(18,19)12-7-5-11(6-8-12)13-9-10-20(16,17)15(2)3/h5-8,13-14H,4,9-10H2,1-3H3. The lowest BCUT2D eigenvalue weighted by Gasteiger charge is -2.12. The van der Waals surface area contributed by atoms with E-state index in [0.717, 1.165) is 0 Å². The van der Waals surface area contributed by atoms with Crippen LogP contribution in [0.4, 0.5) is 5.69 Å². The van der Waals surface area contributed by atoms with Crippen LogP contribution in [0.25, 0.3) is 0 Å². The van der Waals surface area contributed by atoms with Crippen molar-refractivity contribution in [3.63, 3.8) is 0 Å². The van der Waals surface area contributed by atoms with Crippen LogP contribution in [0.1, 0.15) is 6.92 Å². The smallest absolute Gasteiger partial charge is 0.240 e. The molecule has 2 N–H and O–H groups in total. The van der Waals surface area contributed by atoms with Gasteiger partial charge in [-0.05, 0) is 24.3 Å². The van der Waals surface area contributed by atoms with Crippen LogP contribution in [0.15, 0.2) is 29.2 Å². The van der Waals surface area contributed by atoms with E-state index in [0.29, 0.717) is 12.2 Å². The molecular formula is C12H21N3O4S2. The summed E-state index contributed by atoms with van der Waals surface area (Å²) in [4.78, 5) is 0.177. The van der Waals surface area contributed by atoms with E-state index in [1.165, 1.54) is 30.5 Å². The third-order valence-electron chi connectivity index (χ3n) is 2.74. The largest absolute Gasteiger partial charge is 0.384 e. The summed E-state index contributed by atoms with van der Waals surface area (Å²) in [6.07, 6.45) is 0. The molecule has 0 aliphatic rings. The molecule has 0 bridgehead atoms. The summed E-state index contributed by atoms with van der Waals surface area (Å²) in [5.41, 5.74) is 0.666. The van der Waals surface area contributed by atoms with Gasteiger partial charge in [0.15, 0.2) is 0 Å². The molecule has 0 aliphatic carbocycles. The van der Waals surface area contributed by atoms with E-state index >= 15 is 0 Å². The predicted octanol–water partition coefficient (Wildman–Crippen LogP) is 0.288. The van der Waals surface area contributed by atoms with Crippen LogP contribution in [0, 0.1) is 0 Å². The summed E-state index contributed by atoms with van der Waals surface area (Å²) in [5, 5.41) is 2.95. The van der Waals surface area contributed by atoms with Gasteiger partial charge in [0.2, 0.25) is 20.0 Å². The number of hydrogen-bond donors (Lipinski definition) is 2. The zero-order valence-electron chi connectivity index (χ0n) is 12.3. The lowest BCUT2D eigenvalue weighted by Crippen LogP contribution is -2.28. The first-order valence-electron chi connectivity index (χ1n) is 6.43. The monoisotopic (exact) mass is 335 g/mol. The molecule has 21 heavy (non-hydrogen) atoms. The molecule has 7 nitrogen and oxygen atoms in total. The molecular weight excluding hydrogens is 314 g/mol. The van der Waals surface area contributed by atoms with E-state index in [2.05, 4.69) is 10.0 Å². The average Bonchev–Trinajstić information content (AvgIpc) is 2.39. The summed E-state index contributed by atoms with van der Waals surface area (Å²) in [5.74, 6) is -0.0303. The van der Waals surface area contributed by atoms with Crippen LogP contribution in [-0.4, -0.2) is 54.1 Å². The second-order valence-electron chi connectivity index (χ2n) is 4.55. The van der Waals surface area contributed by atoms with Crippen LogP contribution in [0.3, 0.4) is 0 Å². The lowest BCUT2D eigenvalue weighted by molar-refractivity contribution is 0.521. The normalized spacial score (nSPS) is 12.6. The summed E-state index contributed by atoms with van der Waals surface area (Å²) in [6.45, 7) is 2.28. The Morgan fingerprint density at radius 2 is 1.62 bits per heavy atom. The summed E-state index contributed by atoms with van der Waals surface area (Å²) in [6, 6.07) is 6.15. The minimum Gasteiger partial charge on any atom is -0.384 e. The maximum Gasteiger partial charge on any atom is 0.240 e. The van der Waals surface area contributed by atoms with Gasteiger partial charge in [-0.2, -0.15) is 0 Å². The van der Waals surface area contributed by atoms with Gasteiger partial charge in [0, 0.05) is 32.9 Å². The molecule has 0 spiro atoms. The molecule has 1 aromatic rings. The first-order valence-corrected chi connectivity index (χ1v) is 9.52. The van der Waals surface area contributed by atoms with Crippen molar-refractivity contribution in [1.82, 2.24) is 9.03 Å². The maximum absolute atomic E-state index is 11.7. The van der Waals surface area contributed by atoms with E-state index in [1.54, 1.807) is 19.1 Å². The third kappa shape index (κ3) is 5.27. The first-order chi connectivity index (χ1) is 9.69. The molecule has 0 heterocycles. The fourth-order valence-electron chi connectivity index (χ4n) is 1.53. The van der Waals surface area contributed by atoms with Gasteiger partial charge in [-0.15, -0.1) is 0 Å². The first kappa shape index (κ1) is 17.9. The van der Waals surface area contributed by atoms with Crippen LogP contribution in [0.5, 0.6) is 0 Å². The Balaban J connectivity index is 2.64. The van der Waals surface area contributed by atoms with Gasteiger partial charge in [-0.25, -0.2) is 25.9 Å². The van der Waals surface area contributed by atoms with Gasteiger partial charge in [-0.1, -0.05) is 6.92 Å². The van der Waals surface area contributed by atoms with Crippen molar-refractivity contribution in [3.05, 3.63) is 24.3 Å². The fraction of sp³-hybridized carbons (Fsp3) is 0.500. The van der Waals surface area contributed by atoms with Crippen molar-refractivity contribution in [2.24, 2.45) is 0 Å². The highest BCUT2D eigenvalue weighted by Gasteiger charge is 2.13. The molecule has 0 fully saturated rings. The van der Waals surface area contributed by atoms with Gasteiger partial charge < -0.3 is 5.32 Å². The Morgan fingerprint density at radius 3 is 2.10 bits per heavy atom. The number of anilines is 1. The molecule has 1 rings (SSSR count). The zero-order valence-corrected chi connectivity index (χ0v) is 14.0. The second kappa shape index (κ2) is 7.21. The summed E-state index contributed by atoms with van der Waals surface area (Å²) < 4.78 is 50.2. The average molecular weight is 335 g/mol. The van der Waals surface area contributed by atoms with Crippen molar-refractivity contribution in [2.75, 3.05) is 38.3 Å². The SMILES string of the molecule is CCNS(=O)(=O)c1ccc(NCCS(=O)(=O)N(C)C)cc1. The molecule has 0 atom stereocenters. The van der Waals surface area contributed by atoms with Gasteiger partial charge in [0.05, 0.1) is 10.6 Å². The highest BCUT2D eigenvalue weighted by molar-refractivity contribution is 7.89. The van der Waals surface area contributed by atoms with Gasteiger partial charge >= 0.3 is 0 Å². The Kier molecular flexibility index (Phi) is 6.14. The third-order valence-corrected chi connectivity index (χ3v) is 6.14. The molecule has 0 aromatic heterocycles. The fourth-order valence-corrected chi connectivity index (χ4v) is 3.30. The van der Waals surface area contributed by atoms with E-state index in [-0.39, 0.29) is 17.2 Å². The number of nitrogens with one attached hydrogen (secondary N) is 2. The minimum atomic E-state index is -3.46. The van der Waals surface area contributed by atoms with E-state index < -0.39 is 20.0 Å². The number of nitrogens with zero attached hydrogens (tertiary/aromatic N) is 1. The Hall–Kier alpha value is -1.16. The van der Waals surface area contributed by atoms with E-state index in [4.69, 9.17) is 0 Å². The van der Waals surface area contributed by atoms with Gasteiger partial charge in [0.25, 0.3) is 0 Å². The number of benzene rings is 1. The van der Waals surface area contributed by atoms with Crippen molar-refractivity contribution >= 4 is 25.7 Å². The number of hydrogen-bond acceptors (Lipinski definition) is 5. The molecule has 0 unspecified atom stereocenters. The highest BCUT2D eigenvalue weighted by Crippen LogP contribution is 2.13. The quantitative estimate of drug-likeness (QED) is 0.712. The van der Waals surface area contributed by atoms with Crippen molar-refractivity contribution < 1.29 is 16.8 Å².